The number of carbonyl (C=O) groups excluding carboxylic acids is 1. The molecule has 1 aromatic carbocycles. The van der Waals surface area contributed by atoms with Crippen molar-refractivity contribution < 1.29 is 9.53 Å². The molecule has 1 aromatic rings. The maximum absolute atomic E-state index is 12.6. The zero-order valence-electron chi connectivity index (χ0n) is 11.5. The van der Waals surface area contributed by atoms with Crippen molar-refractivity contribution in [3.63, 3.8) is 0 Å². The van der Waals surface area contributed by atoms with E-state index in [1.165, 1.54) is 0 Å². The van der Waals surface area contributed by atoms with E-state index in [0.717, 1.165) is 5.56 Å². The molecular weight excluding hydrogens is 240 g/mol. The summed E-state index contributed by atoms with van der Waals surface area (Å²) < 4.78 is 5.30. The zero-order chi connectivity index (χ0) is 13.7. The van der Waals surface area contributed by atoms with Gasteiger partial charge in [0.25, 0.3) is 0 Å². The van der Waals surface area contributed by atoms with Gasteiger partial charge in [-0.1, -0.05) is 30.3 Å². The molecule has 1 aliphatic rings. The molecule has 0 aromatic heterocycles. The highest BCUT2D eigenvalue weighted by molar-refractivity contribution is 5.86. The molecular formula is C15H22N2O2. The highest BCUT2D eigenvalue weighted by Gasteiger charge is 2.38. The minimum Gasteiger partial charge on any atom is -0.381 e. The fourth-order valence-electron chi connectivity index (χ4n) is 2.40. The van der Waals surface area contributed by atoms with Crippen LogP contribution >= 0.6 is 0 Å². The first-order valence-electron chi connectivity index (χ1n) is 6.85. The Labute approximate surface area is 114 Å². The standard InChI is InChI=1S/C15H22N2O2/c1-2-17(12-13-6-4-3-5-7-13)14(18)15(16)8-10-19-11-9-15/h3-7H,2,8-12,16H2,1H3. The van der Waals surface area contributed by atoms with E-state index in [-0.39, 0.29) is 5.91 Å². The van der Waals surface area contributed by atoms with Crippen LogP contribution in [0.3, 0.4) is 0 Å². The second kappa shape index (κ2) is 6.17. The molecule has 0 radical (unpaired) electrons. The summed E-state index contributed by atoms with van der Waals surface area (Å²) in [6.07, 6.45) is 1.22. The summed E-state index contributed by atoms with van der Waals surface area (Å²) in [7, 11) is 0. The third kappa shape index (κ3) is 3.33. The number of nitrogens with two attached hydrogens (primary N) is 1. The van der Waals surface area contributed by atoms with Gasteiger partial charge in [0, 0.05) is 26.3 Å². The third-order valence-electron chi connectivity index (χ3n) is 3.70. The first kappa shape index (κ1) is 14.0. The molecule has 0 atom stereocenters. The molecule has 19 heavy (non-hydrogen) atoms. The van der Waals surface area contributed by atoms with Gasteiger partial charge < -0.3 is 15.4 Å². The quantitative estimate of drug-likeness (QED) is 0.895. The second-order valence-corrected chi connectivity index (χ2v) is 5.07. The van der Waals surface area contributed by atoms with Gasteiger partial charge in [0.05, 0.1) is 5.54 Å². The molecule has 4 heteroatoms. The fourth-order valence-corrected chi connectivity index (χ4v) is 2.40. The van der Waals surface area contributed by atoms with Crippen LogP contribution in [0.5, 0.6) is 0 Å². The SMILES string of the molecule is CCN(Cc1ccccc1)C(=O)C1(N)CCOCC1. The van der Waals surface area contributed by atoms with Crippen molar-refractivity contribution in [3.8, 4) is 0 Å². The van der Waals surface area contributed by atoms with E-state index in [2.05, 4.69) is 0 Å². The van der Waals surface area contributed by atoms with Crippen molar-refractivity contribution in [3.05, 3.63) is 35.9 Å². The maximum Gasteiger partial charge on any atom is 0.243 e. The molecule has 0 spiro atoms. The number of likely N-dealkylation sites (N-methyl/N-ethyl adjacent to an activating group) is 1. The molecule has 0 saturated carbocycles. The van der Waals surface area contributed by atoms with Gasteiger partial charge in [0.1, 0.15) is 0 Å². The average Bonchev–Trinajstić information content (AvgIpc) is 2.46. The predicted molar refractivity (Wildman–Crippen MR) is 74.5 cm³/mol. The van der Waals surface area contributed by atoms with E-state index in [1.54, 1.807) is 0 Å². The Kier molecular flexibility index (Phi) is 4.56. The van der Waals surface area contributed by atoms with Crippen LogP contribution in [0.1, 0.15) is 25.3 Å². The fraction of sp³-hybridized carbons (Fsp3) is 0.533. The monoisotopic (exact) mass is 262 g/mol. The van der Waals surface area contributed by atoms with Gasteiger partial charge in [0.2, 0.25) is 5.91 Å². The highest BCUT2D eigenvalue weighted by atomic mass is 16.5. The van der Waals surface area contributed by atoms with Gasteiger partial charge >= 0.3 is 0 Å². The Morgan fingerprint density at radius 3 is 2.53 bits per heavy atom. The lowest BCUT2D eigenvalue weighted by atomic mass is 9.89. The number of nitrogens with zero attached hydrogens (tertiary/aromatic N) is 1. The molecule has 0 aliphatic carbocycles. The Balaban J connectivity index is 2.06. The van der Waals surface area contributed by atoms with E-state index >= 15 is 0 Å². The minimum atomic E-state index is -0.747. The van der Waals surface area contributed by atoms with Crippen LogP contribution in [0.2, 0.25) is 0 Å². The largest absolute Gasteiger partial charge is 0.381 e. The number of rotatable bonds is 4. The van der Waals surface area contributed by atoms with Crippen LogP contribution in [-0.4, -0.2) is 36.1 Å². The molecule has 4 nitrogen and oxygen atoms in total. The number of amides is 1. The first-order chi connectivity index (χ1) is 9.15. The lowest BCUT2D eigenvalue weighted by molar-refractivity contribution is -0.141. The first-order valence-corrected chi connectivity index (χ1v) is 6.85. The van der Waals surface area contributed by atoms with Crippen LogP contribution in [0, 0.1) is 0 Å². The molecule has 1 heterocycles. The number of hydrogen-bond acceptors (Lipinski definition) is 3. The summed E-state index contributed by atoms with van der Waals surface area (Å²) in [5.74, 6) is 0.0437. The van der Waals surface area contributed by atoms with E-state index < -0.39 is 5.54 Å². The average molecular weight is 262 g/mol. The van der Waals surface area contributed by atoms with Crippen LogP contribution in [0.15, 0.2) is 30.3 Å². The summed E-state index contributed by atoms with van der Waals surface area (Å²) >= 11 is 0. The van der Waals surface area contributed by atoms with E-state index in [9.17, 15) is 4.79 Å². The summed E-state index contributed by atoms with van der Waals surface area (Å²) in [6, 6.07) is 10.0. The van der Waals surface area contributed by atoms with Crippen molar-refractivity contribution in [2.24, 2.45) is 5.73 Å². The van der Waals surface area contributed by atoms with Gasteiger partial charge in [-0.2, -0.15) is 0 Å². The Hall–Kier alpha value is -1.39. The van der Waals surface area contributed by atoms with Crippen LogP contribution < -0.4 is 5.73 Å². The van der Waals surface area contributed by atoms with Crippen molar-refractivity contribution in [1.29, 1.82) is 0 Å². The number of carbonyl (C=O) groups is 1. The Bertz CT molecular complexity index is 413. The van der Waals surface area contributed by atoms with E-state index in [0.29, 0.717) is 39.1 Å². The molecule has 1 fully saturated rings. The summed E-state index contributed by atoms with van der Waals surface area (Å²) in [5, 5.41) is 0. The molecule has 1 saturated heterocycles. The lowest BCUT2D eigenvalue weighted by Crippen LogP contribution is -2.57. The molecule has 0 unspecified atom stereocenters. The maximum atomic E-state index is 12.6. The van der Waals surface area contributed by atoms with Crippen molar-refractivity contribution >= 4 is 5.91 Å². The van der Waals surface area contributed by atoms with Crippen molar-refractivity contribution in [2.75, 3.05) is 19.8 Å². The molecule has 1 aliphatic heterocycles. The topological polar surface area (TPSA) is 55.6 Å². The molecule has 0 bridgehead atoms. The van der Waals surface area contributed by atoms with E-state index in [4.69, 9.17) is 10.5 Å². The van der Waals surface area contributed by atoms with Crippen molar-refractivity contribution in [1.82, 2.24) is 4.90 Å². The van der Waals surface area contributed by atoms with Gasteiger partial charge in [-0.25, -0.2) is 0 Å². The Morgan fingerprint density at radius 2 is 1.95 bits per heavy atom. The van der Waals surface area contributed by atoms with Gasteiger partial charge in [0.15, 0.2) is 0 Å². The smallest absolute Gasteiger partial charge is 0.243 e. The molecule has 2 rings (SSSR count). The summed E-state index contributed by atoms with van der Waals surface area (Å²) in [5.41, 5.74) is 6.65. The number of benzene rings is 1. The van der Waals surface area contributed by atoms with Gasteiger partial charge in [-0.15, -0.1) is 0 Å². The van der Waals surface area contributed by atoms with Crippen LogP contribution in [-0.2, 0) is 16.1 Å². The van der Waals surface area contributed by atoms with Gasteiger partial charge in [-0.05, 0) is 25.3 Å². The normalized spacial score (nSPS) is 18.0. The predicted octanol–water partition coefficient (Wildman–Crippen LogP) is 1.54. The Morgan fingerprint density at radius 1 is 1.32 bits per heavy atom. The minimum absolute atomic E-state index is 0.0437. The lowest BCUT2D eigenvalue weighted by Gasteiger charge is -2.36. The summed E-state index contributed by atoms with van der Waals surface area (Å²) in [4.78, 5) is 14.4. The number of hydrogen-bond donors (Lipinski definition) is 1. The van der Waals surface area contributed by atoms with Crippen LogP contribution in [0.25, 0.3) is 0 Å². The summed E-state index contributed by atoms with van der Waals surface area (Å²) in [6.45, 7) is 4.43. The van der Waals surface area contributed by atoms with Gasteiger partial charge in [-0.3, -0.25) is 4.79 Å². The molecule has 104 valence electrons. The van der Waals surface area contributed by atoms with Crippen molar-refractivity contribution in [2.45, 2.75) is 31.8 Å². The second-order valence-electron chi connectivity index (χ2n) is 5.07. The van der Waals surface area contributed by atoms with E-state index in [1.807, 2.05) is 42.2 Å². The highest BCUT2D eigenvalue weighted by Crippen LogP contribution is 2.21. The third-order valence-corrected chi connectivity index (χ3v) is 3.70. The zero-order valence-corrected chi connectivity index (χ0v) is 11.5. The van der Waals surface area contributed by atoms with Crippen LogP contribution in [0.4, 0.5) is 0 Å². The molecule has 1 amide bonds. The molecule has 2 N–H and O–H groups in total. The number of ether oxygens (including phenoxy) is 1.